The Balaban J connectivity index is 3.90. The summed E-state index contributed by atoms with van der Waals surface area (Å²) in [5.74, 6) is 0. The highest BCUT2D eigenvalue weighted by Gasteiger charge is 2.20. The van der Waals surface area contributed by atoms with Gasteiger partial charge in [-0.25, -0.2) is 4.79 Å². The molecule has 0 atom stereocenters. The molecule has 0 aliphatic carbocycles. The molecule has 0 saturated heterocycles. The molecule has 0 aromatic heterocycles. The van der Waals surface area contributed by atoms with Crippen molar-refractivity contribution in [2.24, 2.45) is 0 Å². The van der Waals surface area contributed by atoms with Gasteiger partial charge < -0.3 is 13.8 Å². The molecule has 0 aliphatic heterocycles. The second-order valence-corrected chi connectivity index (χ2v) is 9.50. The molecule has 13 heavy (non-hydrogen) atoms. The van der Waals surface area contributed by atoms with Crippen molar-refractivity contribution in [1.29, 1.82) is 0 Å². The van der Waals surface area contributed by atoms with E-state index >= 15 is 0 Å². The molecule has 2 radical (unpaired) electrons. The van der Waals surface area contributed by atoms with E-state index in [0.717, 1.165) is 6.42 Å². The zero-order chi connectivity index (χ0) is 10.5. The Morgan fingerprint density at radius 1 is 1.54 bits per heavy atom. The minimum absolute atomic E-state index is 0.0426. The average Bonchev–Trinajstić information content (AvgIpc) is 1.95. The van der Waals surface area contributed by atoms with Crippen LogP contribution >= 0.6 is 0 Å². The largest absolute Gasteiger partial charge is 0.465 e. The van der Waals surface area contributed by atoms with E-state index in [1.165, 1.54) is 4.57 Å². The van der Waals surface area contributed by atoms with E-state index in [1.807, 2.05) is 26.6 Å². The molecule has 0 bridgehead atoms. The second-order valence-electron chi connectivity index (χ2n) is 3.74. The first-order valence-corrected chi connectivity index (χ1v) is 8.57. The lowest BCUT2D eigenvalue weighted by atomic mass is 10.5. The Bertz CT molecular complexity index is 170. The van der Waals surface area contributed by atoms with Gasteiger partial charge in [0.05, 0.1) is 0 Å². The molecule has 0 saturated carbocycles. The van der Waals surface area contributed by atoms with Crippen LogP contribution in [0.3, 0.4) is 0 Å². The van der Waals surface area contributed by atoms with E-state index in [2.05, 4.69) is 0 Å². The number of carboxylic acid groups (broad SMARTS) is 1. The zero-order valence-corrected chi connectivity index (χ0v) is 10.6. The number of nitrogens with zero attached hydrogens (tertiary/aromatic N) is 1. The first kappa shape index (κ1) is 12.7. The topological polar surface area (TPSA) is 49.8 Å². The Labute approximate surface area is 83.0 Å². The van der Waals surface area contributed by atoms with Crippen molar-refractivity contribution >= 4 is 24.3 Å². The lowest BCUT2D eigenvalue weighted by Crippen LogP contribution is -2.40. The molecular formula is C7H17NO3Si2. The van der Waals surface area contributed by atoms with Crippen molar-refractivity contribution < 1.29 is 14.0 Å². The van der Waals surface area contributed by atoms with Gasteiger partial charge >= 0.3 is 16.0 Å². The number of hydrogen-bond acceptors (Lipinski definition) is 2. The van der Waals surface area contributed by atoms with Gasteiger partial charge in [-0.3, -0.25) is 0 Å². The van der Waals surface area contributed by atoms with Crippen LogP contribution in [0, 0.1) is 0 Å². The minimum atomic E-state index is -1.59. The van der Waals surface area contributed by atoms with Gasteiger partial charge in [0.25, 0.3) is 0 Å². The van der Waals surface area contributed by atoms with Crippen LogP contribution in [0.1, 0.15) is 13.3 Å². The van der Waals surface area contributed by atoms with E-state index < -0.39 is 14.4 Å². The fourth-order valence-corrected chi connectivity index (χ4v) is 2.53. The van der Waals surface area contributed by atoms with Gasteiger partial charge in [-0.05, 0) is 26.1 Å². The molecule has 0 fully saturated rings. The van der Waals surface area contributed by atoms with Crippen LogP contribution < -0.4 is 0 Å². The summed E-state index contributed by atoms with van der Waals surface area (Å²) in [6, 6.07) is 0. The molecule has 0 unspecified atom stereocenters. The molecule has 6 heteroatoms. The predicted octanol–water partition coefficient (Wildman–Crippen LogP) is 1.76. The van der Waals surface area contributed by atoms with Crippen molar-refractivity contribution in [3.8, 4) is 0 Å². The minimum Gasteiger partial charge on any atom is -0.465 e. The molecule has 0 aromatic rings. The van der Waals surface area contributed by atoms with Crippen molar-refractivity contribution in [1.82, 2.24) is 4.57 Å². The highest BCUT2D eigenvalue weighted by Crippen LogP contribution is 2.02. The molecule has 0 rings (SSSR count). The average molecular weight is 219 g/mol. The normalized spacial score (nSPS) is 11.4. The summed E-state index contributed by atoms with van der Waals surface area (Å²) in [5, 5.41) is 8.77. The highest BCUT2D eigenvalue weighted by molar-refractivity contribution is 6.73. The van der Waals surface area contributed by atoms with Crippen LogP contribution in [0.15, 0.2) is 0 Å². The van der Waals surface area contributed by atoms with Gasteiger partial charge in [-0.1, -0.05) is 6.92 Å². The molecule has 0 aliphatic rings. The maximum atomic E-state index is 10.7. The second kappa shape index (κ2) is 5.41. The van der Waals surface area contributed by atoms with Gasteiger partial charge in [0.2, 0.25) is 0 Å². The molecule has 76 valence electrons. The first-order valence-electron chi connectivity index (χ1n) is 4.31. The van der Waals surface area contributed by atoms with Crippen molar-refractivity contribution in [3.05, 3.63) is 0 Å². The molecule has 1 amide bonds. The molecule has 0 heterocycles. The summed E-state index contributed by atoms with van der Waals surface area (Å²) >= 11 is 0. The summed E-state index contributed by atoms with van der Waals surface area (Å²) in [6.07, 6.45) is -0.0626. The summed E-state index contributed by atoms with van der Waals surface area (Å²) in [4.78, 5) is 10.7. The van der Waals surface area contributed by atoms with Gasteiger partial charge in [0.1, 0.15) is 0 Å². The summed E-state index contributed by atoms with van der Waals surface area (Å²) in [6.45, 7) is 8.65. The molecule has 0 spiro atoms. The first-order chi connectivity index (χ1) is 5.87. The molecule has 4 nitrogen and oxygen atoms in total. The van der Waals surface area contributed by atoms with Crippen LogP contribution in [0.2, 0.25) is 19.6 Å². The van der Waals surface area contributed by atoms with Gasteiger partial charge in [0, 0.05) is 6.54 Å². The van der Waals surface area contributed by atoms with Crippen LogP contribution in [0.4, 0.5) is 4.79 Å². The van der Waals surface area contributed by atoms with E-state index in [9.17, 15) is 4.79 Å². The maximum Gasteiger partial charge on any atom is 0.400 e. The van der Waals surface area contributed by atoms with Crippen LogP contribution in [0.25, 0.3) is 0 Å². The van der Waals surface area contributed by atoms with Crippen molar-refractivity contribution in [3.63, 3.8) is 0 Å². The fraction of sp³-hybridized carbons (Fsp3) is 0.857. The van der Waals surface area contributed by atoms with Crippen molar-refractivity contribution in [2.75, 3.05) is 6.54 Å². The zero-order valence-electron chi connectivity index (χ0n) is 8.63. The van der Waals surface area contributed by atoms with Crippen LogP contribution in [0.5, 0.6) is 0 Å². The Morgan fingerprint density at radius 3 is 2.38 bits per heavy atom. The molecule has 0 aromatic carbocycles. The van der Waals surface area contributed by atoms with Gasteiger partial charge in [-0.2, -0.15) is 0 Å². The van der Waals surface area contributed by atoms with E-state index in [4.69, 9.17) is 9.22 Å². The van der Waals surface area contributed by atoms with E-state index in [-0.39, 0.29) is 9.92 Å². The number of rotatable bonds is 5. The van der Waals surface area contributed by atoms with Crippen LogP contribution in [-0.2, 0) is 4.12 Å². The third-order valence-electron chi connectivity index (χ3n) is 1.14. The lowest BCUT2D eigenvalue weighted by Gasteiger charge is -2.22. The van der Waals surface area contributed by atoms with Crippen molar-refractivity contribution in [2.45, 2.75) is 33.0 Å². The standard InChI is InChI=1S/C7H17NO3Si2/c1-5-6-8(7(9)10)12-11-13(2,3)4/h5-6H2,1-4H3,(H,9,10). The van der Waals surface area contributed by atoms with E-state index in [0.29, 0.717) is 6.54 Å². The SMILES string of the molecule is CCCN([Si]O[Si](C)(C)C)C(=O)O. The number of amides is 1. The Hall–Kier alpha value is -0.336. The Morgan fingerprint density at radius 2 is 2.08 bits per heavy atom. The highest BCUT2D eigenvalue weighted by atomic mass is 28.4. The summed E-state index contributed by atoms with van der Waals surface area (Å²) in [5.41, 5.74) is 0. The third-order valence-corrected chi connectivity index (χ3v) is 4.59. The van der Waals surface area contributed by atoms with E-state index in [1.54, 1.807) is 0 Å². The third kappa shape index (κ3) is 6.79. The smallest absolute Gasteiger partial charge is 0.400 e. The lowest BCUT2D eigenvalue weighted by molar-refractivity contribution is 0.169. The van der Waals surface area contributed by atoms with Gasteiger partial charge in [0.15, 0.2) is 8.32 Å². The molecular weight excluding hydrogens is 202 g/mol. The number of carbonyl (C=O) groups is 1. The Kier molecular flexibility index (Phi) is 5.27. The fourth-order valence-electron chi connectivity index (χ4n) is 0.596. The maximum absolute atomic E-state index is 10.7. The number of hydrogen-bond donors (Lipinski definition) is 1. The van der Waals surface area contributed by atoms with Crippen LogP contribution in [-0.4, -0.2) is 40.6 Å². The van der Waals surface area contributed by atoms with Gasteiger partial charge in [-0.15, -0.1) is 0 Å². The predicted molar refractivity (Wildman–Crippen MR) is 55.2 cm³/mol. The monoisotopic (exact) mass is 219 g/mol. The molecule has 1 N–H and O–H groups in total. The quantitative estimate of drug-likeness (QED) is 0.717. The summed E-state index contributed by atoms with van der Waals surface area (Å²) < 4.78 is 6.85. The summed E-state index contributed by atoms with van der Waals surface area (Å²) in [7, 11) is -1.63.